The Bertz CT molecular complexity index is 404. The standard InChI is InChI=1S/C9H15N3O3S/c10-7-9(3-1-2-4-9)8(13)12-5-6-16(11,14)15/h1-6H2,(H,12,13)(H2,11,14,15). The summed E-state index contributed by atoms with van der Waals surface area (Å²) in [6, 6.07) is 2.03. The Hall–Kier alpha value is -1.13. The highest BCUT2D eigenvalue weighted by molar-refractivity contribution is 7.89. The van der Waals surface area contributed by atoms with Gasteiger partial charge in [0.1, 0.15) is 5.41 Å². The monoisotopic (exact) mass is 245 g/mol. The first-order valence-electron chi connectivity index (χ1n) is 5.10. The molecule has 0 aromatic rings. The minimum Gasteiger partial charge on any atom is -0.354 e. The lowest BCUT2D eigenvalue weighted by molar-refractivity contribution is -0.127. The van der Waals surface area contributed by atoms with Crippen molar-refractivity contribution in [3.8, 4) is 6.07 Å². The van der Waals surface area contributed by atoms with Crippen LogP contribution < -0.4 is 10.5 Å². The summed E-state index contributed by atoms with van der Waals surface area (Å²) >= 11 is 0. The van der Waals surface area contributed by atoms with E-state index in [4.69, 9.17) is 10.4 Å². The number of amides is 1. The van der Waals surface area contributed by atoms with Gasteiger partial charge in [0.15, 0.2) is 0 Å². The molecule has 0 bridgehead atoms. The molecule has 1 amide bonds. The molecule has 0 aromatic carbocycles. The van der Waals surface area contributed by atoms with Gasteiger partial charge in [-0.15, -0.1) is 0 Å². The third-order valence-corrected chi connectivity index (χ3v) is 3.55. The number of hydrogen-bond acceptors (Lipinski definition) is 4. The Morgan fingerprint density at radius 1 is 1.44 bits per heavy atom. The molecule has 16 heavy (non-hydrogen) atoms. The number of nitrogens with zero attached hydrogens (tertiary/aromatic N) is 1. The molecule has 0 heterocycles. The molecule has 1 saturated carbocycles. The number of carbonyl (C=O) groups is 1. The lowest BCUT2D eigenvalue weighted by Crippen LogP contribution is -2.40. The van der Waals surface area contributed by atoms with Gasteiger partial charge in [-0.25, -0.2) is 13.6 Å². The van der Waals surface area contributed by atoms with Crippen molar-refractivity contribution in [1.29, 1.82) is 5.26 Å². The first-order chi connectivity index (χ1) is 7.40. The lowest BCUT2D eigenvalue weighted by Gasteiger charge is -2.18. The van der Waals surface area contributed by atoms with Crippen molar-refractivity contribution in [2.75, 3.05) is 12.3 Å². The zero-order valence-corrected chi connectivity index (χ0v) is 9.72. The summed E-state index contributed by atoms with van der Waals surface area (Å²) in [5.41, 5.74) is -0.960. The smallest absolute Gasteiger partial charge is 0.240 e. The van der Waals surface area contributed by atoms with Crippen LogP contribution in [0.4, 0.5) is 0 Å². The van der Waals surface area contributed by atoms with Crippen molar-refractivity contribution in [1.82, 2.24) is 5.32 Å². The van der Waals surface area contributed by atoms with Gasteiger partial charge in [-0.05, 0) is 12.8 Å². The highest BCUT2D eigenvalue weighted by Gasteiger charge is 2.41. The molecule has 1 rings (SSSR count). The van der Waals surface area contributed by atoms with Crippen LogP contribution in [0.3, 0.4) is 0 Å². The van der Waals surface area contributed by atoms with Crippen molar-refractivity contribution in [3.05, 3.63) is 0 Å². The molecule has 6 nitrogen and oxygen atoms in total. The summed E-state index contributed by atoms with van der Waals surface area (Å²) in [5, 5.41) is 16.2. The molecule has 0 aromatic heterocycles. The highest BCUT2D eigenvalue weighted by Crippen LogP contribution is 2.37. The molecule has 90 valence electrons. The second-order valence-electron chi connectivity index (χ2n) is 4.02. The Kier molecular flexibility index (Phi) is 3.88. The van der Waals surface area contributed by atoms with Crippen molar-refractivity contribution in [2.24, 2.45) is 10.6 Å². The highest BCUT2D eigenvalue weighted by atomic mass is 32.2. The molecule has 0 atom stereocenters. The zero-order valence-electron chi connectivity index (χ0n) is 8.90. The second-order valence-corrected chi connectivity index (χ2v) is 5.76. The number of carbonyl (C=O) groups excluding carboxylic acids is 1. The summed E-state index contributed by atoms with van der Waals surface area (Å²) < 4.78 is 21.3. The maximum atomic E-state index is 11.7. The minimum atomic E-state index is -3.57. The van der Waals surface area contributed by atoms with Crippen LogP contribution >= 0.6 is 0 Å². The van der Waals surface area contributed by atoms with Crippen LogP contribution in [0.1, 0.15) is 25.7 Å². The van der Waals surface area contributed by atoms with Crippen LogP contribution in [-0.2, 0) is 14.8 Å². The summed E-state index contributed by atoms with van der Waals surface area (Å²) in [7, 11) is -3.57. The van der Waals surface area contributed by atoms with Crippen LogP contribution in [0.2, 0.25) is 0 Å². The second kappa shape index (κ2) is 4.80. The molecule has 1 aliphatic carbocycles. The maximum Gasteiger partial charge on any atom is 0.240 e. The van der Waals surface area contributed by atoms with E-state index in [1.54, 1.807) is 0 Å². The van der Waals surface area contributed by atoms with Gasteiger partial charge in [-0.3, -0.25) is 4.79 Å². The Balaban J connectivity index is 2.49. The quantitative estimate of drug-likeness (QED) is 0.693. The summed E-state index contributed by atoms with van der Waals surface area (Å²) in [4.78, 5) is 11.7. The van der Waals surface area contributed by atoms with Crippen molar-refractivity contribution < 1.29 is 13.2 Å². The van der Waals surface area contributed by atoms with Crippen LogP contribution in [0, 0.1) is 16.7 Å². The van der Waals surface area contributed by atoms with E-state index in [1.807, 2.05) is 6.07 Å². The number of rotatable bonds is 4. The van der Waals surface area contributed by atoms with E-state index < -0.39 is 15.4 Å². The number of nitrogens with one attached hydrogen (secondary N) is 1. The van der Waals surface area contributed by atoms with E-state index in [1.165, 1.54) is 0 Å². The van der Waals surface area contributed by atoms with Gasteiger partial charge in [0.2, 0.25) is 15.9 Å². The average molecular weight is 245 g/mol. The minimum absolute atomic E-state index is 0.0406. The summed E-state index contributed by atoms with van der Waals surface area (Å²) in [6.45, 7) is -0.0406. The van der Waals surface area contributed by atoms with Gasteiger partial charge in [0.05, 0.1) is 11.8 Å². The SMILES string of the molecule is N#CC1(C(=O)NCCS(N)(=O)=O)CCCC1. The van der Waals surface area contributed by atoms with Gasteiger partial charge in [-0.2, -0.15) is 5.26 Å². The first kappa shape index (κ1) is 12.9. The number of primary sulfonamides is 1. The fourth-order valence-electron chi connectivity index (χ4n) is 1.84. The molecule has 1 fully saturated rings. The van der Waals surface area contributed by atoms with Crippen LogP contribution in [0.5, 0.6) is 0 Å². The van der Waals surface area contributed by atoms with Crippen molar-refractivity contribution in [3.63, 3.8) is 0 Å². The molecule has 0 spiro atoms. The van der Waals surface area contributed by atoms with E-state index >= 15 is 0 Å². The third kappa shape index (κ3) is 3.18. The number of sulfonamides is 1. The Morgan fingerprint density at radius 2 is 2.00 bits per heavy atom. The fourth-order valence-corrected chi connectivity index (χ4v) is 2.23. The molecule has 3 N–H and O–H groups in total. The molecule has 0 saturated heterocycles. The van der Waals surface area contributed by atoms with Crippen LogP contribution in [-0.4, -0.2) is 26.6 Å². The summed E-state index contributed by atoms with van der Waals surface area (Å²) in [5.74, 6) is -0.684. The predicted octanol–water partition coefficient (Wildman–Crippen LogP) is -0.525. The normalized spacial score (nSPS) is 19.0. The largest absolute Gasteiger partial charge is 0.354 e. The van der Waals surface area contributed by atoms with Crippen molar-refractivity contribution >= 4 is 15.9 Å². The van der Waals surface area contributed by atoms with Crippen molar-refractivity contribution in [2.45, 2.75) is 25.7 Å². The first-order valence-corrected chi connectivity index (χ1v) is 6.81. The van der Waals surface area contributed by atoms with E-state index in [0.717, 1.165) is 12.8 Å². The van der Waals surface area contributed by atoms with Crippen LogP contribution in [0.25, 0.3) is 0 Å². The molecule has 0 unspecified atom stereocenters. The predicted molar refractivity (Wildman–Crippen MR) is 57.5 cm³/mol. The van der Waals surface area contributed by atoms with Gasteiger partial charge in [0, 0.05) is 6.54 Å². The molecule has 1 aliphatic rings. The lowest BCUT2D eigenvalue weighted by atomic mass is 9.87. The zero-order chi connectivity index (χ0) is 12.2. The fraction of sp³-hybridized carbons (Fsp3) is 0.778. The number of nitrogens with two attached hydrogens (primary N) is 1. The van der Waals surface area contributed by atoms with Gasteiger partial charge < -0.3 is 5.32 Å². The maximum absolute atomic E-state index is 11.7. The van der Waals surface area contributed by atoms with Gasteiger partial charge in [0.25, 0.3) is 0 Å². The van der Waals surface area contributed by atoms with E-state index in [2.05, 4.69) is 5.32 Å². The van der Waals surface area contributed by atoms with Gasteiger partial charge in [-0.1, -0.05) is 12.8 Å². The average Bonchev–Trinajstić information content (AvgIpc) is 2.65. The molecule has 0 aliphatic heterocycles. The van der Waals surface area contributed by atoms with Gasteiger partial charge >= 0.3 is 0 Å². The van der Waals surface area contributed by atoms with E-state index in [-0.39, 0.29) is 18.2 Å². The Labute approximate surface area is 94.9 Å². The Morgan fingerprint density at radius 3 is 2.44 bits per heavy atom. The topological polar surface area (TPSA) is 113 Å². The van der Waals surface area contributed by atoms with E-state index in [9.17, 15) is 13.2 Å². The number of nitriles is 1. The molecular formula is C9H15N3O3S. The molecule has 7 heteroatoms. The van der Waals surface area contributed by atoms with Crippen LogP contribution in [0.15, 0.2) is 0 Å². The third-order valence-electron chi connectivity index (χ3n) is 2.78. The molecular weight excluding hydrogens is 230 g/mol. The van der Waals surface area contributed by atoms with E-state index in [0.29, 0.717) is 12.8 Å². The number of hydrogen-bond donors (Lipinski definition) is 2. The summed E-state index contributed by atoms with van der Waals surface area (Å²) in [6.07, 6.45) is 2.81. The molecule has 0 radical (unpaired) electrons.